The van der Waals surface area contributed by atoms with E-state index in [2.05, 4.69) is 46.8 Å². The highest BCUT2D eigenvalue weighted by atomic mass is 79.9. The van der Waals surface area contributed by atoms with Gasteiger partial charge in [-0.3, -0.25) is 4.90 Å². The van der Waals surface area contributed by atoms with Crippen LogP contribution in [0.2, 0.25) is 0 Å². The van der Waals surface area contributed by atoms with Gasteiger partial charge in [-0.05, 0) is 81.9 Å². The molecule has 0 radical (unpaired) electrons. The van der Waals surface area contributed by atoms with E-state index in [0.29, 0.717) is 0 Å². The van der Waals surface area contributed by atoms with Crippen molar-refractivity contribution in [3.8, 4) is 0 Å². The molecule has 1 aromatic carbocycles. The number of hydrogen-bond acceptors (Lipinski definition) is 5. The number of ether oxygens (including phenoxy) is 2. The van der Waals surface area contributed by atoms with Crippen LogP contribution in [0.3, 0.4) is 0 Å². The molecule has 3 atom stereocenters. The van der Waals surface area contributed by atoms with Crippen LogP contribution in [-0.2, 0) is 9.47 Å². The maximum Gasteiger partial charge on any atom is 0.410 e. The SMILES string of the molecule is C[C@@H]1CN(c2ccc(Br)c3c2cnn3C2CCCCO2)C[C@H](C)N1C(=O)OC(C)(C)C. The number of piperazine rings is 1. The standard InChI is InChI=1S/C23H33BrN4O3/c1-15-13-26(14-16(2)27(15)22(29)31-23(3,4)5)19-10-9-18(24)21-17(19)12-25-28(21)20-8-6-7-11-30-20/h9-10,12,15-16,20H,6-8,11,13-14H2,1-5H3/t15-,16+,20?. The molecular weight excluding hydrogens is 460 g/mol. The van der Waals surface area contributed by atoms with Gasteiger partial charge in [0.05, 0.1) is 23.8 Å². The second-order valence-electron chi connectivity index (χ2n) is 9.73. The Morgan fingerprint density at radius 3 is 2.52 bits per heavy atom. The van der Waals surface area contributed by atoms with Gasteiger partial charge < -0.3 is 14.4 Å². The molecule has 1 aromatic heterocycles. The largest absolute Gasteiger partial charge is 0.444 e. The van der Waals surface area contributed by atoms with Gasteiger partial charge in [-0.2, -0.15) is 5.10 Å². The Hall–Kier alpha value is -1.80. The van der Waals surface area contributed by atoms with Gasteiger partial charge in [0, 0.05) is 35.2 Å². The zero-order valence-electron chi connectivity index (χ0n) is 19.1. The highest BCUT2D eigenvalue weighted by molar-refractivity contribution is 9.10. The fourth-order valence-corrected chi connectivity index (χ4v) is 5.24. The lowest BCUT2D eigenvalue weighted by atomic mass is 10.1. The highest BCUT2D eigenvalue weighted by Crippen LogP contribution is 2.37. The lowest BCUT2D eigenvalue weighted by molar-refractivity contribution is -0.0367. The van der Waals surface area contributed by atoms with Gasteiger partial charge in [0.25, 0.3) is 0 Å². The van der Waals surface area contributed by atoms with E-state index in [1.54, 1.807) is 0 Å². The Kier molecular flexibility index (Phi) is 6.23. The predicted octanol–water partition coefficient (Wildman–Crippen LogP) is 5.33. The first-order chi connectivity index (χ1) is 14.7. The van der Waals surface area contributed by atoms with E-state index in [4.69, 9.17) is 14.6 Å². The number of carbonyl (C=O) groups is 1. The van der Waals surface area contributed by atoms with Crippen molar-refractivity contribution in [2.45, 2.75) is 77.8 Å². The minimum Gasteiger partial charge on any atom is -0.444 e. The second kappa shape index (κ2) is 8.62. The molecule has 0 saturated carbocycles. The second-order valence-corrected chi connectivity index (χ2v) is 10.6. The number of carbonyl (C=O) groups excluding carboxylic acids is 1. The van der Waals surface area contributed by atoms with E-state index in [1.807, 2.05) is 36.5 Å². The summed E-state index contributed by atoms with van der Waals surface area (Å²) in [5.74, 6) is 0. The molecule has 1 amide bonds. The average molecular weight is 493 g/mol. The predicted molar refractivity (Wildman–Crippen MR) is 125 cm³/mol. The number of halogens is 1. The summed E-state index contributed by atoms with van der Waals surface area (Å²) in [5, 5.41) is 5.81. The zero-order valence-corrected chi connectivity index (χ0v) is 20.7. The van der Waals surface area contributed by atoms with Gasteiger partial charge in [0.2, 0.25) is 0 Å². The first-order valence-electron chi connectivity index (χ1n) is 11.2. The van der Waals surface area contributed by atoms with Crippen LogP contribution in [-0.4, -0.2) is 58.2 Å². The van der Waals surface area contributed by atoms with Crippen molar-refractivity contribution in [1.29, 1.82) is 0 Å². The zero-order chi connectivity index (χ0) is 22.3. The smallest absolute Gasteiger partial charge is 0.410 e. The summed E-state index contributed by atoms with van der Waals surface area (Å²) < 4.78 is 14.7. The molecule has 2 aromatic rings. The Morgan fingerprint density at radius 1 is 1.19 bits per heavy atom. The first kappa shape index (κ1) is 22.4. The number of benzene rings is 1. The molecule has 2 aliphatic heterocycles. The molecular formula is C23H33BrN4O3. The van der Waals surface area contributed by atoms with Gasteiger partial charge in [0.15, 0.2) is 6.23 Å². The van der Waals surface area contributed by atoms with Crippen molar-refractivity contribution < 1.29 is 14.3 Å². The monoisotopic (exact) mass is 492 g/mol. The normalized spacial score (nSPS) is 25.2. The maximum absolute atomic E-state index is 12.8. The van der Waals surface area contributed by atoms with Crippen LogP contribution in [0.4, 0.5) is 10.5 Å². The van der Waals surface area contributed by atoms with E-state index >= 15 is 0 Å². The molecule has 0 aliphatic carbocycles. The molecule has 170 valence electrons. The highest BCUT2D eigenvalue weighted by Gasteiger charge is 2.36. The molecule has 2 aliphatic rings. The number of rotatable bonds is 2. The third-order valence-electron chi connectivity index (χ3n) is 5.98. The third-order valence-corrected chi connectivity index (χ3v) is 6.62. The minimum atomic E-state index is -0.499. The summed E-state index contributed by atoms with van der Waals surface area (Å²) in [6.45, 7) is 12.2. The van der Waals surface area contributed by atoms with Crippen molar-refractivity contribution in [3.63, 3.8) is 0 Å². The molecule has 0 bridgehead atoms. The minimum absolute atomic E-state index is 0.0142. The molecule has 2 fully saturated rings. The molecule has 0 N–H and O–H groups in total. The van der Waals surface area contributed by atoms with Crippen LogP contribution in [0.15, 0.2) is 22.8 Å². The van der Waals surface area contributed by atoms with E-state index in [1.165, 1.54) is 0 Å². The summed E-state index contributed by atoms with van der Waals surface area (Å²) in [5.41, 5.74) is 1.71. The van der Waals surface area contributed by atoms with E-state index < -0.39 is 5.60 Å². The Bertz CT molecular complexity index is 936. The number of hydrogen-bond donors (Lipinski definition) is 0. The van der Waals surface area contributed by atoms with Gasteiger partial charge in [-0.15, -0.1) is 0 Å². The topological polar surface area (TPSA) is 59.8 Å². The third kappa shape index (κ3) is 4.55. The Morgan fingerprint density at radius 2 is 1.90 bits per heavy atom. The fraction of sp³-hybridized carbons (Fsp3) is 0.652. The maximum atomic E-state index is 12.8. The summed E-state index contributed by atoms with van der Waals surface area (Å²) in [6, 6.07) is 4.31. The lowest BCUT2D eigenvalue weighted by Gasteiger charge is -2.45. The van der Waals surface area contributed by atoms with Crippen molar-refractivity contribution in [1.82, 2.24) is 14.7 Å². The summed E-state index contributed by atoms with van der Waals surface area (Å²) in [7, 11) is 0. The lowest BCUT2D eigenvalue weighted by Crippen LogP contribution is -2.59. The van der Waals surface area contributed by atoms with E-state index in [0.717, 1.165) is 60.0 Å². The number of amides is 1. The Balaban J connectivity index is 1.60. The van der Waals surface area contributed by atoms with E-state index in [9.17, 15) is 4.79 Å². The fourth-order valence-electron chi connectivity index (χ4n) is 4.71. The molecule has 1 unspecified atom stereocenters. The summed E-state index contributed by atoms with van der Waals surface area (Å²) in [4.78, 5) is 17.0. The molecule has 8 heteroatoms. The van der Waals surface area contributed by atoms with E-state index in [-0.39, 0.29) is 24.4 Å². The molecule has 31 heavy (non-hydrogen) atoms. The van der Waals surface area contributed by atoms with Crippen molar-refractivity contribution in [2.75, 3.05) is 24.6 Å². The molecule has 0 spiro atoms. The van der Waals surface area contributed by atoms with Crippen LogP contribution < -0.4 is 4.90 Å². The van der Waals surface area contributed by atoms with Gasteiger partial charge >= 0.3 is 6.09 Å². The number of anilines is 1. The van der Waals surface area contributed by atoms with Crippen molar-refractivity contribution in [2.24, 2.45) is 0 Å². The molecule has 7 nitrogen and oxygen atoms in total. The first-order valence-corrected chi connectivity index (χ1v) is 12.0. The quantitative estimate of drug-likeness (QED) is 0.566. The van der Waals surface area contributed by atoms with Crippen molar-refractivity contribution in [3.05, 3.63) is 22.8 Å². The van der Waals surface area contributed by atoms with Crippen LogP contribution in [0.1, 0.15) is 60.1 Å². The van der Waals surface area contributed by atoms with Crippen LogP contribution >= 0.6 is 15.9 Å². The number of fused-ring (bicyclic) bond motifs is 1. The molecule has 3 heterocycles. The molecule has 2 saturated heterocycles. The van der Waals surface area contributed by atoms with Crippen LogP contribution in [0.25, 0.3) is 10.9 Å². The van der Waals surface area contributed by atoms with Gasteiger partial charge in [-0.25, -0.2) is 9.48 Å². The Labute approximate surface area is 192 Å². The van der Waals surface area contributed by atoms with Gasteiger partial charge in [0.1, 0.15) is 5.60 Å². The summed E-state index contributed by atoms with van der Waals surface area (Å²) >= 11 is 3.73. The van der Waals surface area contributed by atoms with Crippen LogP contribution in [0.5, 0.6) is 0 Å². The average Bonchev–Trinajstić information content (AvgIpc) is 3.13. The summed E-state index contributed by atoms with van der Waals surface area (Å²) in [6.07, 6.45) is 4.94. The molecule has 4 rings (SSSR count). The van der Waals surface area contributed by atoms with Crippen molar-refractivity contribution >= 4 is 38.6 Å². The number of aromatic nitrogens is 2. The van der Waals surface area contributed by atoms with Crippen LogP contribution in [0, 0.1) is 0 Å². The van der Waals surface area contributed by atoms with Gasteiger partial charge in [-0.1, -0.05) is 0 Å². The number of nitrogens with zero attached hydrogens (tertiary/aromatic N) is 4.